The number of phenols is 1. The van der Waals surface area contributed by atoms with Crippen molar-refractivity contribution in [1.29, 1.82) is 0 Å². The summed E-state index contributed by atoms with van der Waals surface area (Å²) in [5, 5.41) is 34.7. The number of phenolic OH excluding ortho intramolecular Hbond substituents is 1. The van der Waals surface area contributed by atoms with Crippen LogP contribution in [0.5, 0.6) is 5.75 Å². The minimum absolute atomic E-state index is 0.00661. The highest BCUT2D eigenvalue weighted by atomic mass is 16.6. The number of fused-ring (bicyclic) bond motifs is 1. The van der Waals surface area contributed by atoms with Gasteiger partial charge in [0.2, 0.25) is 11.8 Å². The van der Waals surface area contributed by atoms with E-state index in [1.165, 1.54) is 30.3 Å². The van der Waals surface area contributed by atoms with E-state index < -0.39 is 46.1 Å². The summed E-state index contributed by atoms with van der Waals surface area (Å²) >= 11 is 0. The Kier molecular flexibility index (Phi) is 5.76. The lowest BCUT2D eigenvalue weighted by molar-refractivity contribution is -0.384. The van der Waals surface area contributed by atoms with Crippen molar-refractivity contribution in [3.8, 4) is 5.75 Å². The van der Waals surface area contributed by atoms with Crippen LogP contribution in [0.15, 0.2) is 72.8 Å². The number of carboxylic acid groups (broad SMARTS) is 1. The third kappa shape index (κ3) is 3.82. The third-order valence-corrected chi connectivity index (χ3v) is 7.28. The van der Waals surface area contributed by atoms with E-state index in [-0.39, 0.29) is 23.5 Å². The van der Waals surface area contributed by atoms with E-state index in [0.717, 1.165) is 16.5 Å². The van der Waals surface area contributed by atoms with E-state index in [4.69, 9.17) is 0 Å². The van der Waals surface area contributed by atoms with E-state index >= 15 is 0 Å². The van der Waals surface area contributed by atoms with E-state index in [0.29, 0.717) is 11.1 Å². The number of rotatable bonds is 6. The maximum absolute atomic E-state index is 13.9. The number of carbonyl (C=O) groups excluding carboxylic acids is 2. The minimum Gasteiger partial charge on any atom is -0.508 e. The third-order valence-electron chi connectivity index (χ3n) is 7.28. The van der Waals surface area contributed by atoms with Crippen LogP contribution in [0.1, 0.15) is 22.7 Å². The molecule has 188 valence electrons. The second kappa shape index (κ2) is 8.82. The highest BCUT2D eigenvalue weighted by Gasteiger charge is 2.68. The second-order valence-electron chi connectivity index (χ2n) is 9.39. The number of carbonyl (C=O) groups is 3. The Morgan fingerprint density at radius 1 is 1.05 bits per heavy atom. The van der Waals surface area contributed by atoms with Crippen LogP contribution in [0, 0.1) is 28.9 Å². The number of aliphatic carboxylic acids is 1. The molecule has 2 aliphatic heterocycles. The summed E-state index contributed by atoms with van der Waals surface area (Å²) in [6.45, 7) is 1.84. The van der Waals surface area contributed by atoms with Gasteiger partial charge >= 0.3 is 5.97 Å². The number of nitrogens with one attached hydrogen (secondary N) is 1. The number of nitro groups is 1. The molecule has 0 aliphatic carbocycles. The van der Waals surface area contributed by atoms with Gasteiger partial charge in [0, 0.05) is 24.6 Å². The van der Waals surface area contributed by atoms with Gasteiger partial charge in [-0.05, 0) is 41.8 Å². The first kappa shape index (κ1) is 24.1. The van der Waals surface area contributed by atoms with Gasteiger partial charge in [0.05, 0.1) is 22.4 Å². The molecule has 4 atom stereocenters. The Balaban J connectivity index is 1.67. The molecule has 37 heavy (non-hydrogen) atoms. The number of non-ortho nitro benzene ring substituents is 1. The summed E-state index contributed by atoms with van der Waals surface area (Å²) in [7, 11) is 0. The fourth-order valence-electron chi connectivity index (χ4n) is 5.58. The number of benzene rings is 3. The van der Waals surface area contributed by atoms with Crippen molar-refractivity contribution in [2.75, 3.05) is 4.90 Å². The molecular weight excluding hydrogens is 478 g/mol. The zero-order valence-electron chi connectivity index (χ0n) is 19.7. The Morgan fingerprint density at radius 3 is 2.41 bits per heavy atom. The molecule has 2 aliphatic rings. The Morgan fingerprint density at radius 2 is 1.76 bits per heavy atom. The quantitative estimate of drug-likeness (QED) is 0.265. The second-order valence-corrected chi connectivity index (χ2v) is 9.39. The highest BCUT2D eigenvalue weighted by molar-refractivity contribution is 6.24. The van der Waals surface area contributed by atoms with E-state index in [9.17, 15) is 34.7 Å². The van der Waals surface area contributed by atoms with E-state index in [1.807, 2.05) is 19.1 Å². The number of amides is 2. The Bertz CT molecular complexity index is 1440. The normalized spacial score (nSPS) is 24.8. The smallest absolute Gasteiger partial charge is 0.325 e. The summed E-state index contributed by atoms with van der Waals surface area (Å²) < 4.78 is 0. The lowest BCUT2D eigenvalue weighted by Gasteiger charge is -2.31. The number of aryl methyl sites for hydroxylation is 1. The summed E-state index contributed by atoms with van der Waals surface area (Å²) in [4.78, 5) is 52.3. The van der Waals surface area contributed by atoms with Crippen molar-refractivity contribution in [2.45, 2.75) is 24.9 Å². The number of nitrogens with zero attached hydrogens (tertiary/aromatic N) is 2. The molecule has 5 rings (SSSR count). The number of hydrogen-bond acceptors (Lipinski definition) is 7. The standard InChI is InChI=1S/C27H23N3O7/c1-15-5-2-3-8-20(15)23-21-22(27(28-23,26(34)35)14-16-9-11-19(31)12-10-16)25(33)29(24(21)32)17-6-4-7-18(13-17)30(36)37/h2-13,21-23,28,31H,14H2,1H3,(H,34,35). The van der Waals surface area contributed by atoms with Crippen LogP contribution in [0.25, 0.3) is 0 Å². The largest absolute Gasteiger partial charge is 0.508 e. The van der Waals surface area contributed by atoms with Crippen LogP contribution in [-0.2, 0) is 20.8 Å². The SMILES string of the molecule is Cc1ccccc1C1NC(Cc2ccc(O)cc2)(C(=O)O)C2C(=O)N(c3cccc([N+](=O)[O-])c3)C(=O)C12. The topological polar surface area (TPSA) is 150 Å². The minimum atomic E-state index is -1.85. The molecule has 3 aromatic carbocycles. The van der Waals surface area contributed by atoms with Gasteiger partial charge in [-0.2, -0.15) is 0 Å². The molecule has 2 fully saturated rings. The van der Waals surface area contributed by atoms with Crippen molar-refractivity contribution < 1.29 is 29.5 Å². The zero-order valence-corrected chi connectivity index (χ0v) is 19.7. The average molecular weight is 501 g/mol. The van der Waals surface area contributed by atoms with Gasteiger partial charge in [0.25, 0.3) is 5.69 Å². The molecule has 0 bridgehead atoms. The highest BCUT2D eigenvalue weighted by Crippen LogP contribution is 2.51. The molecule has 3 aromatic rings. The Hall–Kier alpha value is -4.57. The summed E-state index contributed by atoms with van der Waals surface area (Å²) in [5.74, 6) is -4.98. The fourth-order valence-corrected chi connectivity index (χ4v) is 5.58. The van der Waals surface area contributed by atoms with E-state index in [1.54, 1.807) is 24.3 Å². The van der Waals surface area contributed by atoms with Crippen LogP contribution in [0.3, 0.4) is 0 Å². The van der Waals surface area contributed by atoms with Gasteiger partial charge in [-0.1, -0.05) is 42.5 Å². The zero-order chi connectivity index (χ0) is 26.5. The maximum atomic E-state index is 13.9. The van der Waals surface area contributed by atoms with Crippen molar-refractivity contribution in [3.05, 3.63) is 99.6 Å². The van der Waals surface area contributed by atoms with Crippen LogP contribution < -0.4 is 10.2 Å². The average Bonchev–Trinajstić information content (AvgIpc) is 3.35. The fraction of sp³-hybridized carbons (Fsp3) is 0.222. The van der Waals surface area contributed by atoms with Gasteiger partial charge in [-0.3, -0.25) is 29.8 Å². The van der Waals surface area contributed by atoms with Crippen LogP contribution >= 0.6 is 0 Å². The first-order valence-electron chi connectivity index (χ1n) is 11.6. The molecule has 0 radical (unpaired) electrons. The van der Waals surface area contributed by atoms with Gasteiger partial charge in [-0.15, -0.1) is 0 Å². The Labute approximate surface area is 211 Å². The van der Waals surface area contributed by atoms with Crippen molar-refractivity contribution in [3.63, 3.8) is 0 Å². The molecular formula is C27H23N3O7. The number of anilines is 1. The number of hydrogen-bond donors (Lipinski definition) is 3. The maximum Gasteiger partial charge on any atom is 0.325 e. The van der Waals surface area contributed by atoms with Gasteiger partial charge in [0.15, 0.2) is 0 Å². The molecule has 4 unspecified atom stereocenters. The first-order chi connectivity index (χ1) is 17.6. The first-order valence-corrected chi connectivity index (χ1v) is 11.6. The molecule has 0 saturated carbocycles. The van der Waals surface area contributed by atoms with Crippen molar-refractivity contribution in [1.82, 2.24) is 5.32 Å². The van der Waals surface area contributed by atoms with Crippen molar-refractivity contribution >= 4 is 29.2 Å². The molecule has 2 heterocycles. The lowest BCUT2D eigenvalue weighted by atomic mass is 9.76. The number of aromatic hydroxyl groups is 1. The molecule has 3 N–H and O–H groups in total. The van der Waals surface area contributed by atoms with Crippen LogP contribution in [0.4, 0.5) is 11.4 Å². The van der Waals surface area contributed by atoms with Crippen LogP contribution in [0.2, 0.25) is 0 Å². The molecule has 0 spiro atoms. The monoisotopic (exact) mass is 501 g/mol. The van der Waals surface area contributed by atoms with Gasteiger partial charge < -0.3 is 10.2 Å². The predicted octanol–water partition coefficient (Wildman–Crippen LogP) is 3.13. The van der Waals surface area contributed by atoms with Crippen LogP contribution in [-0.4, -0.2) is 38.5 Å². The van der Waals surface area contributed by atoms with Gasteiger partial charge in [0.1, 0.15) is 11.3 Å². The summed E-state index contributed by atoms with van der Waals surface area (Å²) in [6, 6.07) is 17.6. The number of carboxylic acids is 1. The van der Waals surface area contributed by atoms with Gasteiger partial charge in [-0.25, -0.2) is 4.90 Å². The molecule has 10 heteroatoms. The molecule has 2 amide bonds. The lowest BCUT2D eigenvalue weighted by Crippen LogP contribution is -2.57. The van der Waals surface area contributed by atoms with Crippen molar-refractivity contribution in [2.24, 2.45) is 11.8 Å². The summed E-state index contributed by atoms with van der Waals surface area (Å²) in [6.07, 6.45) is -0.131. The molecule has 10 nitrogen and oxygen atoms in total. The number of imide groups is 1. The number of nitro benzene ring substituents is 1. The molecule has 0 aromatic heterocycles. The predicted molar refractivity (Wildman–Crippen MR) is 132 cm³/mol. The summed E-state index contributed by atoms with van der Waals surface area (Å²) in [5.41, 5.74) is -0.0714. The molecule has 2 saturated heterocycles. The van der Waals surface area contributed by atoms with E-state index in [2.05, 4.69) is 5.32 Å².